The number of benzene rings is 6. The van der Waals surface area contributed by atoms with Gasteiger partial charge in [0, 0.05) is 38.6 Å². The molecule has 0 atom stereocenters. The highest BCUT2D eigenvalue weighted by molar-refractivity contribution is 6.99. The Morgan fingerprint density at radius 2 is 1.32 bits per heavy atom. The van der Waals surface area contributed by atoms with Crippen molar-refractivity contribution in [2.75, 3.05) is 0 Å². The van der Waals surface area contributed by atoms with Gasteiger partial charge in [0.1, 0.15) is 5.82 Å². The van der Waals surface area contributed by atoms with Gasteiger partial charge in [-0.2, -0.15) is 0 Å². The molecule has 2 aliphatic rings. The molecule has 44 heavy (non-hydrogen) atoms. The molecule has 0 bridgehead atoms. The van der Waals surface area contributed by atoms with Crippen molar-refractivity contribution >= 4 is 55.9 Å². The molecule has 0 aliphatic carbocycles. The van der Waals surface area contributed by atoms with Gasteiger partial charge in [-0.3, -0.25) is 4.57 Å². The first-order valence-electron chi connectivity index (χ1n) is 15.5. The molecular formula is C40H28BN3. The van der Waals surface area contributed by atoms with Crippen molar-refractivity contribution in [2.45, 2.75) is 19.3 Å². The number of aromatic nitrogens is 3. The molecule has 0 amide bonds. The molecular weight excluding hydrogens is 533 g/mol. The van der Waals surface area contributed by atoms with Crippen LogP contribution in [0.4, 0.5) is 0 Å². The van der Waals surface area contributed by atoms with Gasteiger partial charge < -0.3 is 4.57 Å². The first-order valence-corrected chi connectivity index (χ1v) is 15.5. The topological polar surface area (TPSA) is 22.8 Å². The first-order chi connectivity index (χ1) is 21.6. The Morgan fingerprint density at radius 3 is 2.16 bits per heavy atom. The summed E-state index contributed by atoms with van der Waals surface area (Å²) in [6.07, 6.45) is 0. The van der Waals surface area contributed by atoms with Gasteiger partial charge >= 0.3 is 0 Å². The van der Waals surface area contributed by atoms with Crippen molar-refractivity contribution in [3.63, 3.8) is 0 Å². The van der Waals surface area contributed by atoms with E-state index in [9.17, 15) is 0 Å². The Kier molecular flexibility index (Phi) is 4.60. The van der Waals surface area contributed by atoms with Crippen LogP contribution in [0.15, 0.2) is 133 Å². The second kappa shape index (κ2) is 8.39. The van der Waals surface area contributed by atoms with Gasteiger partial charge in [0.15, 0.2) is 0 Å². The summed E-state index contributed by atoms with van der Waals surface area (Å²) >= 11 is 0. The van der Waals surface area contributed by atoms with Crippen LogP contribution in [0.1, 0.15) is 25.0 Å². The molecule has 2 aromatic heterocycles. The summed E-state index contributed by atoms with van der Waals surface area (Å²) in [5, 5.41) is 2.63. The predicted molar refractivity (Wildman–Crippen MR) is 184 cm³/mol. The zero-order valence-electron chi connectivity index (χ0n) is 24.6. The second-order valence-corrected chi connectivity index (χ2v) is 12.8. The van der Waals surface area contributed by atoms with E-state index in [1.165, 1.54) is 55.0 Å². The van der Waals surface area contributed by atoms with Crippen molar-refractivity contribution < 1.29 is 0 Å². The lowest BCUT2D eigenvalue weighted by Gasteiger charge is -2.41. The molecule has 10 rings (SSSR count). The summed E-state index contributed by atoms with van der Waals surface area (Å²) in [5.74, 6) is 0.974. The minimum Gasteiger partial charge on any atom is -0.310 e. The molecule has 0 radical (unpaired) electrons. The van der Waals surface area contributed by atoms with Gasteiger partial charge in [0.25, 0.3) is 0 Å². The number of rotatable bonds is 2. The average Bonchev–Trinajstić information content (AvgIpc) is 3.62. The van der Waals surface area contributed by atoms with E-state index >= 15 is 0 Å². The number of hydrogen-bond donors (Lipinski definition) is 0. The van der Waals surface area contributed by atoms with E-state index in [0.717, 1.165) is 28.1 Å². The minimum absolute atomic E-state index is 0.135. The fourth-order valence-electron chi connectivity index (χ4n) is 8.41. The molecule has 6 aromatic carbocycles. The molecule has 0 saturated heterocycles. The summed E-state index contributed by atoms with van der Waals surface area (Å²) in [7, 11) is 0. The van der Waals surface area contributed by atoms with E-state index in [0.29, 0.717) is 0 Å². The van der Waals surface area contributed by atoms with Gasteiger partial charge in [-0.25, -0.2) is 4.98 Å². The summed E-state index contributed by atoms with van der Waals surface area (Å²) in [4.78, 5) is 5.54. The van der Waals surface area contributed by atoms with E-state index in [4.69, 9.17) is 4.98 Å². The number of imidazole rings is 1. The molecule has 2 aliphatic heterocycles. The monoisotopic (exact) mass is 561 g/mol. The Bertz CT molecular complexity index is 2470. The first kappa shape index (κ1) is 24.1. The maximum Gasteiger partial charge on any atom is 0.247 e. The summed E-state index contributed by atoms with van der Waals surface area (Å²) in [6, 6.07) is 48.7. The molecule has 0 saturated carbocycles. The Labute approximate surface area is 256 Å². The highest BCUT2D eigenvalue weighted by atomic mass is 15.1. The van der Waals surface area contributed by atoms with Crippen LogP contribution in [-0.4, -0.2) is 20.8 Å². The molecule has 8 aromatic rings. The number of fused-ring (bicyclic) bond motifs is 9. The standard InChI is InChI=1S/C40H28BN3/c1-40(2)29-19-12-22-33-36(29)41(31-20-11-18-28-27-17-9-10-21-32(27)44(33)38(28)31)30-23-24-34-37(35(30)40)42-39(25-13-5-3-6-14-25)43(34)26-15-7-4-8-16-26/h3-24H,1-2H3. The average molecular weight is 561 g/mol. The summed E-state index contributed by atoms with van der Waals surface area (Å²) < 4.78 is 4.86. The maximum atomic E-state index is 5.54. The van der Waals surface area contributed by atoms with E-state index < -0.39 is 0 Å². The van der Waals surface area contributed by atoms with Crippen LogP contribution in [0.3, 0.4) is 0 Å². The largest absolute Gasteiger partial charge is 0.310 e. The third-order valence-electron chi connectivity index (χ3n) is 10.2. The van der Waals surface area contributed by atoms with E-state index in [2.05, 4.69) is 156 Å². The highest BCUT2D eigenvalue weighted by Crippen LogP contribution is 2.42. The maximum absolute atomic E-state index is 5.54. The van der Waals surface area contributed by atoms with Crippen LogP contribution in [0.5, 0.6) is 0 Å². The zero-order chi connectivity index (χ0) is 29.2. The molecule has 3 nitrogen and oxygen atoms in total. The fourth-order valence-corrected chi connectivity index (χ4v) is 8.41. The fraction of sp³-hybridized carbons (Fsp3) is 0.0750. The van der Waals surface area contributed by atoms with Gasteiger partial charge in [0.05, 0.1) is 16.6 Å². The third kappa shape index (κ3) is 2.90. The van der Waals surface area contributed by atoms with Crippen molar-refractivity contribution in [3.05, 3.63) is 145 Å². The molecule has 0 spiro atoms. The van der Waals surface area contributed by atoms with Crippen LogP contribution in [-0.2, 0) is 5.41 Å². The minimum atomic E-state index is -0.255. The molecule has 0 fully saturated rings. The third-order valence-corrected chi connectivity index (χ3v) is 10.2. The van der Waals surface area contributed by atoms with Crippen molar-refractivity contribution in [1.82, 2.24) is 14.1 Å². The Balaban J connectivity index is 1.36. The van der Waals surface area contributed by atoms with Crippen LogP contribution in [0, 0.1) is 0 Å². The highest BCUT2D eigenvalue weighted by Gasteiger charge is 2.46. The number of para-hydroxylation sites is 3. The SMILES string of the molecule is CC1(C)c2cccc3c2B(c2ccc4c(nc(-c5ccccc5)n4-c4ccccc4)c21)c1cccc2c4ccccc4n-3c12. The Morgan fingerprint density at radius 1 is 0.591 bits per heavy atom. The summed E-state index contributed by atoms with van der Waals surface area (Å²) in [5.41, 5.74) is 15.0. The Hall–Kier alpha value is -5.35. The summed E-state index contributed by atoms with van der Waals surface area (Å²) in [6.45, 7) is 4.92. The van der Waals surface area contributed by atoms with Gasteiger partial charge in [-0.05, 0) is 52.4 Å². The van der Waals surface area contributed by atoms with Gasteiger partial charge in [-0.15, -0.1) is 0 Å². The van der Waals surface area contributed by atoms with Crippen LogP contribution >= 0.6 is 0 Å². The molecule has 0 unspecified atom stereocenters. The lowest BCUT2D eigenvalue weighted by atomic mass is 9.30. The molecule has 4 heterocycles. The van der Waals surface area contributed by atoms with Gasteiger partial charge in [0.2, 0.25) is 6.71 Å². The van der Waals surface area contributed by atoms with Crippen molar-refractivity contribution in [3.8, 4) is 22.8 Å². The van der Waals surface area contributed by atoms with Crippen LogP contribution in [0.25, 0.3) is 55.6 Å². The van der Waals surface area contributed by atoms with Crippen LogP contribution in [0.2, 0.25) is 0 Å². The van der Waals surface area contributed by atoms with Crippen molar-refractivity contribution in [1.29, 1.82) is 0 Å². The lowest BCUT2D eigenvalue weighted by molar-refractivity contribution is 0.650. The van der Waals surface area contributed by atoms with Crippen LogP contribution < -0.4 is 16.4 Å². The molecule has 206 valence electrons. The lowest BCUT2D eigenvalue weighted by Crippen LogP contribution is -2.63. The van der Waals surface area contributed by atoms with Crippen molar-refractivity contribution in [2.24, 2.45) is 0 Å². The number of nitrogens with zero attached hydrogens (tertiary/aromatic N) is 3. The number of hydrogen-bond acceptors (Lipinski definition) is 1. The smallest absolute Gasteiger partial charge is 0.247 e. The van der Waals surface area contributed by atoms with E-state index in [-0.39, 0.29) is 12.1 Å². The second-order valence-electron chi connectivity index (χ2n) is 12.8. The normalized spacial score (nSPS) is 14.3. The molecule has 0 N–H and O–H groups in total. The van der Waals surface area contributed by atoms with E-state index in [1.54, 1.807) is 0 Å². The predicted octanol–water partition coefficient (Wildman–Crippen LogP) is 7.26. The zero-order valence-corrected chi connectivity index (χ0v) is 24.6. The van der Waals surface area contributed by atoms with E-state index in [1.807, 2.05) is 0 Å². The molecule has 4 heteroatoms. The quantitative estimate of drug-likeness (QED) is 0.204. The van der Waals surface area contributed by atoms with Gasteiger partial charge in [-0.1, -0.05) is 122 Å².